The van der Waals surface area contributed by atoms with Gasteiger partial charge in [0.1, 0.15) is 0 Å². The zero-order valence-corrected chi connectivity index (χ0v) is 8.92. The molecule has 0 spiro atoms. The highest BCUT2D eigenvalue weighted by Gasteiger charge is 2.32. The Bertz CT molecular complexity index is 189. The minimum absolute atomic E-state index is 0.0992. The lowest BCUT2D eigenvalue weighted by molar-refractivity contribution is -0.125. The second-order valence-electron chi connectivity index (χ2n) is 4.80. The molecule has 0 aromatic rings. The van der Waals surface area contributed by atoms with Gasteiger partial charge in [-0.2, -0.15) is 0 Å². The molecular weight excluding hydrogens is 162 g/mol. The Morgan fingerprint density at radius 2 is 2.00 bits per heavy atom. The number of hydrogen-bond acceptors (Lipinski definition) is 1. The first-order valence-corrected chi connectivity index (χ1v) is 5.31. The summed E-state index contributed by atoms with van der Waals surface area (Å²) in [5.41, 5.74) is 5.38. The van der Waals surface area contributed by atoms with Crippen LogP contribution in [0.5, 0.6) is 0 Å². The normalized spacial score (nSPS) is 34.9. The third-order valence-electron chi connectivity index (χ3n) is 3.54. The van der Waals surface area contributed by atoms with Gasteiger partial charge in [0.05, 0.1) is 0 Å². The van der Waals surface area contributed by atoms with E-state index in [2.05, 4.69) is 20.8 Å². The first-order valence-electron chi connectivity index (χ1n) is 5.31. The number of hydrogen-bond donors (Lipinski definition) is 1. The van der Waals surface area contributed by atoms with Gasteiger partial charge in [-0.3, -0.25) is 4.79 Å². The van der Waals surface area contributed by atoms with Gasteiger partial charge in [-0.15, -0.1) is 0 Å². The molecule has 1 aliphatic carbocycles. The van der Waals surface area contributed by atoms with E-state index >= 15 is 0 Å². The van der Waals surface area contributed by atoms with E-state index in [0.717, 1.165) is 12.8 Å². The maximum absolute atomic E-state index is 11.2. The van der Waals surface area contributed by atoms with E-state index < -0.39 is 0 Å². The van der Waals surface area contributed by atoms with Crippen LogP contribution in [0, 0.1) is 23.7 Å². The summed E-state index contributed by atoms with van der Waals surface area (Å²) in [7, 11) is 0. The molecule has 0 aromatic carbocycles. The summed E-state index contributed by atoms with van der Waals surface area (Å²) in [6, 6.07) is 0. The van der Waals surface area contributed by atoms with Crippen LogP contribution in [0.15, 0.2) is 0 Å². The lowest BCUT2D eigenvalue weighted by Crippen LogP contribution is -2.35. The number of nitrogens with two attached hydrogens (primary N) is 1. The van der Waals surface area contributed by atoms with Gasteiger partial charge < -0.3 is 5.73 Å². The van der Waals surface area contributed by atoms with Crippen LogP contribution in [-0.4, -0.2) is 5.91 Å². The highest BCUT2D eigenvalue weighted by atomic mass is 16.1. The van der Waals surface area contributed by atoms with E-state index in [9.17, 15) is 4.79 Å². The molecule has 1 amide bonds. The monoisotopic (exact) mass is 183 g/mol. The van der Waals surface area contributed by atoms with Gasteiger partial charge in [-0.25, -0.2) is 0 Å². The number of amides is 1. The summed E-state index contributed by atoms with van der Waals surface area (Å²) < 4.78 is 0. The van der Waals surface area contributed by atoms with Crippen LogP contribution in [0.25, 0.3) is 0 Å². The molecule has 2 N–H and O–H groups in total. The van der Waals surface area contributed by atoms with Crippen molar-refractivity contribution < 1.29 is 4.79 Å². The molecule has 13 heavy (non-hydrogen) atoms. The van der Waals surface area contributed by atoms with E-state index in [0.29, 0.717) is 17.8 Å². The molecule has 2 nitrogen and oxygen atoms in total. The fraction of sp³-hybridized carbons (Fsp3) is 0.909. The molecule has 0 unspecified atom stereocenters. The van der Waals surface area contributed by atoms with Gasteiger partial charge in [0, 0.05) is 5.92 Å². The van der Waals surface area contributed by atoms with Crippen LogP contribution in [0.3, 0.4) is 0 Å². The molecule has 0 radical (unpaired) electrons. The minimum Gasteiger partial charge on any atom is -0.369 e. The van der Waals surface area contributed by atoms with Crippen molar-refractivity contribution in [3.8, 4) is 0 Å². The van der Waals surface area contributed by atoms with Crippen molar-refractivity contribution >= 4 is 5.91 Å². The van der Waals surface area contributed by atoms with Crippen molar-refractivity contribution in [1.82, 2.24) is 0 Å². The van der Waals surface area contributed by atoms with Gasteiger partial charge in [-0.05, 0) is 37.0 Å². The van der Waals surface area contributed by atoms with Crippen molar-refractivity contribution in [3.63, 3.8) is 0 Å². The van der Waals surface area contributed by atoms with Crippen molar-refractivity contribution in [1.29, 1.82) is 0 Å². The molecule has 76 valence electrons. The molecular formula is C11H21NO. The topological polar surface area (TPSA) is 43.1 Å². The average Bonchev–Trinajstić information content (AvgIpc) is 2.04. The second kappa shape index (κ2) is 4.12. The summed E-state index contributed by atoms with van der Waals surface area (Å²) in [6.45, 7) is 6.61. The molecule has 0 aromatic heterocycles. The Hall–Kier alpha value is -0.530. The molecule has 3 atom stereocenters. The summed E-state index contributed by atoms with van der Waals surface area (Å²) in [5, 5.41) is 0. The van der Waals surface area contributed by atoms with Crippen LogP contribution in [0.2, 0.25) is 0 Å². The zero-order chi connectivity index (χ0) is 10.0. The maximum Gasteiger partial charge on any atom is 0.220 e. The number of carbonyl (C=O) groups is 1. The summed E-state index contributed by atoms with van der Waals surface area (Å²) in [4.78, 5) is 11.2. The Balaban J connectivity index is 2.58. The first kappa shape index (κ1) is 10.6. The molecule has 0 heterocycles. The average molecular weight is 183 g/mol. The summed E-state index contributed by atoms with van der Waals surface area (Å²) in [6.07, 6.45) is 3.44. The van der Waals surface area contributed by atoms with E-state index in [-0.39, 0.29) is 11.8 Å². The molecule has 2 heteroatoms. The number of carbonyl (C=O) groups excluding carboxylic acids is 1. The molecule has 0 saturated heterocycles. The van der Waals surface area contributed by atoms with Crippen LogP contribution in [0.1, 0.15) is 40.0 Å². The Kier molecular flexibility index (Phi) is 3.34. The van der Waals surface area contributed by atoms with E-state index in [4.69, 9.17) is 5.73 Å². The van der Waals surface area contributed by atoms with Gasteiger partial charge in [0.25, 0.3) is 0 Å². The number of primary amides is 1. The highest BCUT2D eigenvalue weighted by Crippen LogP contribution is 2.36. The third-order valence-corrected chi connectivity index (χ3v) is 3.54. The lowest BCUT2D eigenvalue weighted by Gasteiger charge is -2.34. The Labute approximate surface area is 80.9 Å². The van der Waals surface area contributed by atoms with Crippen molar-refractivity contribution in [2.24, 2.45) is 29.4 Å². The maximum atomic E-state index is 11.2. The van der Waals surface area contributed by atoms with Crippen LogP contribution in [0.4, 0.5) is 0 Å². The minimum atomic E-state index is -0.0992. The SMILES string of the molecule is CC(C)[C@H]1CC[C@H](C)[C@H](C(N)=O)C1. The van der Waals surface area contributed by atoms with E-state index in [1.165, 1.54) is 6.42 Å². The van der Waals surface area contributed by atoms with Crippen LogP contribution < -0.4 is 5.73 Å². The van der Waals surface area contributed by atoms with Gasteiger partial charge >= 0.3 is 0 Å². The summed E-state index contributed by atoms with van der Waals surface area (Å²) >= 11 is 0. The van der Waals surface area contributed by atoms with Crippen molar-refractivity contribution in [2.75, 3.05) is 0 Å². The van der Waals surface area contributed by atoms with Crippen LogP contribution >= 0.6 is 0 Å². The predicted octanol–water partition coefficient (Wildman–Crippen LogP) is 2.18. The molecule has 0 bridgehead atoms. The van der Waals surface area contributed by atoms with E-state index in [1.807, 2.05) is 0 Å². The third kappa shape index (κ3) is 2.45. The molecule has 1 aliphatic rings. The van der Waals surface area contributed by atoms with Gasteiger partial charge in [-0.1, -0.05) is 20.8 Å². The highest BCUT2D eigenvalue weighted by molar-refractivity contribution is 5.77. The smallest absolute Gasteiger partial charge is 0.220 e. The first-order chi connectivity index (χ1) is 6.02. The Morgan fingerprint density at radius 1 is 1.38 bits per heavy atom. The summed E-state index contributed by atoms with van der Waals surface area (Å²) in [5.74, 6) is 1.91. The zero-order valence-electron chi connectivity index (χ0n) is 8.92. The Morgan fingerprint density at radius 3 is 2.46 bits per heavy atom. The lowest BCUT2D eigenvalue weighted by atomic mass is 9.71. The quantitative estimate of drug-likeness (QED) is 0.700. The van der Waals surface area contributed by atoms with Gasteiger partial charge in [0.15, 0.2) is 0 Å². The van der Waals surface area contributed by atoms with Crippen LogP contribution in [-0.2, 0) is 4.79 Å². The predicted molar refractivity (Wildman–Crippen MR) is 54.0 cm³/mol. The second-order valence-corrected chi connectivity index (χ2v) is 4.80. The molecule has 1 saturated carbocycles. The molecule has 1 fully saturated rings. The van der Waals surface area contributed by atoms with Crippen molar-refractivity contribution in [3.05, 3.63) is 0 Å². The fourth-order valence-electron chi connectivity index (χ4n) is 2.36. The number of rotatable bonds is 2. The standard InChI is InChI=1S/C11H21NO/c1-7(2)9-5-4-8(3)10(6-9)11(12)13/h7-10H,4-6H2,1-3H3,(H2,12,13)/t8-,9-,10+/m0/s1. The largest absolute Gasteiger partial charge is 0.369 e. The molecule has 1 rings (SSSR count). The van der Waals surface area contributed by atoms with Crippen molar-refractivity contribution in [2.45, 2.75) is 40.0 Å². The van der Waals surface area contributed by atoms with Gasteiger partial charge in [0.2, 0.25) is 5.91 Å². The van der Waals surface area contributed by atoms with E-state index in [1.54, 1.807) is 0 Å². The molecule has 0 aliphatic heterocycles. The fourth-order valence-corrected chi connectivity index (χ4v) is 2.36.